The molecule has 0 bridgehead atoms. The first-order valence-electron chi connectivity index (χ1n) is 5.79. The Morgan fingerprint density at radius 2 is 2.00 bits per heavy atom. The van der Waals surface area contributed by atoms with Gasteiger partial charge in [0.15, 0.2) is 0 Å². The Morgan fingerprint density at radius 3 is 2.70 bits per heavy atom. The Morgan fingerprint density at radius 1 is 1.25 bits per heavy atom. The van der Waals surface area contributed by atoms with Crippen molar-refractivity contribution in [2.45, 2.75) is 6.61 Å². The molecular formula is C14H11FN2O3. The minimum atomic E-state index is -0.475. The van der Waals surface area contributed by atoms with Crippen LogP contribution >= 0.6 is 0 Å². The van der Waals surface area contributed by atoms with E-state index in [9.17, 15) is 14.5 Å². The van der Waals surface area contributed by atoms with Gasteiger partial charge in [0.25, 0.3) is 5.69 Å². The lowest BCUT2D eigenvalue weighted by Gasteiger charge is -1.99. The summed E-state index contributed by atoms with van der Waals surface area (Å²) >= 11 is 0. The summed E-state index contributed by atoms with van der Waals surface area (Å²) in [7, 11) is 0. The molecule has 0 N–H and O–H groups in total. The molecule has 2 rings (SSSR count). The van der Waals surface area contributed by atoms with Crippen molar-refractivity contribution in [3.63, 3.8) is 0 Å². The van der Waals surface area contributed by atoms with Crippen molar-refractivity contribution < 1.29 is 14.2 Å². The molecule has 0 saturated carbocycles. The summed E-state index contributed by atoms with van der Waals surface area (Å²) in [6.45, 7) is 0.200. The van der Waals surface area contributed by atoms with Crippen LogP contribution in [0.1, 0.15) is 11.1 Å². The highest BCUT2D eigenvalue weighted by atomic mass is 19.1. The van der Waals surface area contributed by atoms with Crippen LogP contribution in [-0.2, 0) is 11.4 Å². The molecule has 0 atom stereocenters. The van der Waals surface area contributed by atoms with E-state index in [-0.39, 0.29) is 18.1 Å². The van der Waals surface area contributed by atoms with Gasteiger partial charge in [-0.2, -0.15) is 0 Å². The predicted octanol–water partition coefficient (Wildman–Crippen LogP) is 3.28. The van der Waals surface area contributed by atoms with Gasteiger partial charge in [-0.1, -0.05) is 29.4 Å². The lowest BCUT2D eigenvalue weighted by molar-refractivity contribution is -0.384. The minimum absolute atomic E-state index is 0.00696. The Labute approximate surface area is 114 Å². The molecule has 6 heteroatoms. The summed E-state index contributed by atoms with van der Waals surface area (Å²) < 4.78 is 12.7. The van der Waals surface area contributed by atoms with Crippen molar-refractivity contribution >= 4 is 11.9 Å². The first-order chi connectivity index (χ1) is 9.65. The standard InChI is InChI=1S/C14H11FN2O3/c15-13-6-4-11(5-7-13)10-20-16-9-12-2-1-3-14(8-12)17(18)19/h1-9H,10H2/b16-9-. The van der Waals surface area contributed by atoms with Crippen molar-refractivity contribution in [3.8, 4) is 0 Å². The van der Waals surface area contributed by atoms with Crippen LogP contribution in [0.3, 0.4) is 0 Å². The smallest absolute Gasteiger partial charge is 0.270 e. The van der Waals surface area contributed by atoms with E-state index in [2.05, 4.69) is 5.16 Å². The number of nitro groups is 1. The number of halogens is 1. The van der Waals surface area contributed by atoms with Gasteiger partial charge in [0.2, 0.25) is 0 Å². The van der Waals surface area contributed by atoms with Crippen molar-refractivity contribution in [2.24, 2.45) is 5.16 Å². The molecular weight excluding hydrogens is 263 g/mol. The second kappa shape index (κ2) is 6.42. The van der Waals surface area contributed by atoms with E-state index in [0.29, 0.717) is 5.56 Å². The summed E-state index contributed by atoms with van der Waals surface area (Å²) in [5, 5.41) is 14.3. The zero-order valence-corrected chi connectivity index (χ0v) is 10.4. The third kappa shape index (κ3) is 3.88. The average Bonchev–Trinajstić information content (AvgIpc) is 2.46. The van der Waals surface area contributed by atoms with Crippen molar-refractivity contribution in [2.75, 3.05) is 0 Å². The van der Waals surface area contributed by atoms with Crippen molar-refractivity contribution in [1.82, 2.24) is 0 Å². The molecule has 102 valence electrons. The van der Waals surface area contributed by atoms with E-state index in [4.69, 9.17) is 4.84 Å². The third-order valence-electron chi connectivity index (χ3n) is 2.50. The van der Waals surface area contributed by atoms with Crippen LogP contribution in [-0.4, -0.2) is 11.1 Å². The maximum Gasteiger partial charge on any atom is 0.270 e. The molecule has 0 aromatic heterocycles. The maximum atomic E-state index is 12.7. The number of rotatable bonds is 5. The van der Waals surface area contributed by atoms with Crippen molar-refractivity contribution in [3.05, 3.63) is 75.6 Å². The fourth-order valence-electron chi connectivity index (χ4n) is 1.51. The second-order valence-corrected chi connectivity index (χ2v) is 3.99. The maximum absolute atomic E-state index is 12.7. The summed E-state index contributed by atoms with van der Waals surface area (Å²) in [5.41, 5.74) is 1.34. The molecule has 0 fully saturated rings. The molecule has 0 spiro atoms. The van der Waals surface area contributed by atoms with Gasteiger partial charge in [-0.25, -0.2) is 4.39 Å². The highest BCUT2D eigenvalue weighted by Gasteiger charge is 2.03. The summed E-state index contributed by atoms with van der Waals surface area (Å²) in [6, 6.07) is 11.9. The number of non-ortho nitro benzene ring substituents is 1. The first kappa shape index (κ1) is 13.7. The molecule has 2 aromatic rings. The Balaban J connectivity index is 1.91. The molecule has 2 aromatic carbocycles. The number of oxime groups is 1. The van der Waals surface area contributed by atoms with Crippen LogP contribution in [0, 0.1) is 15.9 Å². The SMILES string of the molecule is O=[N+]([O-])c1cccc(/C=N\OCc2ccc(F)cc2)c1. The van der Waals surface area contributed by atoms with Gasteiger partial charge in [-0.15, -0.1) is 0 Å². The first-order valence-corrected chi connectivity index (χ1v) is 5.79. The number of nitrogens with zero attached hydrogens (tertiary/aromatic N) is 2. The molecule has 0 heterocycles. The minimum Gasteiger partial charge on any atom is -0.391 e. The molecule has 0 saturated heterocycles. The zero-order valence-electron chi connectivity index (χ0n) is 10.4. The summed E-state index contributed by atoms with van der Waals surface area (Å²) in [5.74, 6) is -0.311. The van der Waals surface area contributed by atoms with E-state index in [1.807, 2.05) is 0 Å². The van der Waals surface area contributed by atoms with Gasteiger partial charge in [0.05, 0.1) is 11.1 Å². The lowest BCUT2D eigenvalue weighted by Crippen LogP contribution is -1.91. The quantitative estimate of drug-likeness (QED) is 0.477. The van der Waals surface area contributed by atoms with Gasteiger partial charge in [-0.3, -0.25) is 10.1 Å². The Kier molecular flexibility index (Phi) is 4.39. The fourth-order valence-corrected chi connectivity index (χ4v) is 1.51. The van der Waals surface area contributed by atoms with Crippen LogP contribution in [0.25, 0.3) is 0 Å². The van der Waals surface area contributed by atoms with Crippen LogP contribution < -0.4 is 0 Å². The van der Waals surface area contributed by atoms with Gasteiger partial charge in [0, 0.05) is 17.7 Å². The number of benzene rings is 2. The molecule has 5 nitrogen and oxygen atoms in total. The van der Waals surface area contributed by atoms with Crippen LogP contribution in [0.2, 0.25) is 0 Å². The zero-order chi connectivity index (χ0) is 14.4. The molecule has 0 unspecified atom stereocenters. The lowest BCUT2D eigenvalue weighted by atomic mass is 10.2. The normalized spacial score (nSPS) is 10.7. The van der Waals surface area contributed by atoms with Gasteiger partial charge in [0.1, 0.15) is 12.4 Å². The van der Waals surface area contributed by atoms with Gasteiger partial charge in [-0.05, 0) is 17.7 Å². The van der Waals surface area contributed by atoms with Gasteiger partial charge >= 0.3 is 0 Å². The molecule has 0 amide bonds. The number of hydrogen-bond acceptors (Lipinski definition) is 4. The molecule has 0 aliphatic carbocycles. The topological polar surface area (TPSA) is 64.7 Å². The fraction of sp³-hybridized carbons (Fsp3) is 0.0714. The van der Waals surface area contributed by atoms with Crippen LogP contribution in [0.4, 0.5) is 10.1 Å². The van der Waals surface area contributed by atoms with Crippen molar-refractivity contribution in [1.29, 1.82) is 0 Å². The van der Waals surface area contributed by atoms with E-state index in [1.165, 1.54) is 30.5 Å². The molecule has 20 heavy (non-hydrogen) atoms. The summed E-state index contributed by atoms with van der Waals surface area (Å²) in [6.07, 6.45) is 1.39. The molecule has 0 aliphatic heterocycles. The highest BCUT2D eigenvalue weighted by molar-refractivity contribution is 5.80. The average molecular weight is 274 g/mol. The van der Waals surface area contributed by atoms with E-state index < -0.39 is 4.92 Å². The summed E-state index contributed by atoms with van der Waals surface area (Å²) in [4.78, 5) is 15.2. The van der Waals surface area contributed by atoms with Crippen LogP contribution in [0.5, 0.6) is 0 Å². The monoisotopic (exact) mass is 274 g/mol. The Bertz CT molecular complexity index is 627. The Hall–Kier alpha value is -2.76. The van der Waals surface area contributed by atoms with E-state index in [1.54, 1.807) is 24.3 Å². The van der Waals surface area contributed by atoms with E-state index in [0.717, 1.165) is 5.56 Å². The number of hydrogen-bond donors (Lipinski definition) is 0. The predicted molar refractivity (Wildman–Crippen MR) is 71.9 cm³/mol. The number of nitro benzene ring substituents is 1. The van der Waals surface area contributed by atoms with Crippen LogP contribution in [0.15, 0.2) is 53.7 Å². The second-order valence-electron chi connectivity index (χ2n) is 3.99. The molecule has 0 aliphatic rings. The van der Waals surface area contributed by atoms with Gasteiger partial charge < -0.3 is 4.84 Å². The van der Waals surface area contributed by atoms with E-state index >= 15 is 0 Å². The largest absolute Gasteiger partial charge is 0.391 e. The third-order valence-corrected chi connectivity index (χ3v) is 2.50. The highest BCUT2D eigenvalue weighted by Crippen LogP contribution is 2.11. The molecule has 0 radical (unpaired) electrons.